The van der Waals surface area contributed by atoms with E-state index in [0.717, 1.165) is 19.5 Å². The van der Waals surface area contributed by atoms with Crippen molar-refractivity contribution >= 4 is 23.5 Å². The lowest BCUT2D eigenvalue weighted by Crippen LogP contribution is -2.25. The Morgan fingerprint density at radius 3 is 2.19 bits per heavy atom. The van der Waals surface area contributed by atoms with Crippen molar-refractivity contribution in [3.63, 3.8) is 0 Å². The molecule has 0 bridgehead atoms. The Morgan fingerprint density at radius 2 is 1.70 bits per heavy atom. The monoisotopic (exact) mass is 384 g/mol. The lowest BCUT2D eigenvalue weighted by Gasteiger charge is -2.16. The first kappa shape index (κ1) is 24.2. The molecule has 0 unspecified atom stereocenters. The van der Waals surface area contributed by atoms with Crippen LogP contribution in [-0.2, 0) is 14.4 Å². The molecule has 3 N–H and O–H groups in total. The molecule has 1 aromatic rings. The molecule has 0 heterocycles. The van der Waals surface area contributed by atoms with Gasteiger partial charge in [-0.1, -0.05) is 13.3 Å². The summed E-state index contributed by atoms with van der Waals surface area (Å²) in [4.78, 5) is 32.4. The van der Waals surface area contributed by atoms with E-state index < -0.39 is 11.9 Å². The normalized spacial score (nSPS) is 9.81. The standard InChI is InChI=1S/C16H26N2O3.C2H2O4/c1-5-6-10-18(2)11-9-16(19)17-14-8-7-13(20-3)12-15(14)21-4;3-1(4)2(5)6/h7-8,12H,5-6,9-11H2,1-4H3,(H,17,19);(H,3,4)(H,5,6). The first-order chi connectivity index (χ1) is 12.7. The number of carboxylic acid groups (broad SMARTS) is 2. The van der Waals surface area contributed by atoms with Gasteiger partial charge in [0.1, 0.15) is 11.5 Å². The summed E-state index contributed by atoms with van der Waals surface area (Å²) in [6.07, 6.45) is 2.79. The minimum absolute atomic E-state index is 0.0122. The van der Waals surface area contributed by atoms with E-state index in [1.54, 1.807) is 32.4 Å². The summed E-state index contributed by atoms with van der Waals surface area (Å²) in [5.74, 6) is -2.36. The zero-order valence-electron chi connectivity index (χ0n) is 16.2. The molecule has 0 aliphatic carbocycles. The molecule has 9 nitrogen and oxygen atoms in total. The average Bonchev–Trinajstić information content (AvgIpc) is 2.65. The first-order valence-electron chi connectivity index (χ1n) is 8.41. The number of ether oxygens (including phenoxy) is 2. The molecule has 0 spiro atoms. The third kappa shape index (κ3) is 10.7. The summed E-state index contributed by atoms with van der Waals surface area (Å²) in [5, 5.41) is 17.7. The molecular weight excluding hydrogens is 356 g/mol. The molecule has 1 aromatic carbocycles. The highest BCUT2D eigenvalue weighted by Crippen LogP contribution is 2.29. The fourth-order valence-electron chi connectivity index (χ4n) is 1.95. The Hall–Kier alpha value is -2.81. The molecular formula is C18H28N2O7. The van der Waals surface area contributed by atoms with Gasteiger partial charge in [-0.3, -0.25) is 4.79 Å². The molecule has 0 radical (unpaired) electrons. The summed E-state index contributed by atoms with van der Waals surface area (Å²) < 4.78 is 10.4. The number of carbonyl (C=O) groups excluding carboxylic acids is 1. The molecule has 0 aromatic heterocycles. The Bertz CT molecular complexity index is 608. The molecule has 0 aliphatic heterocycles. The third-order valence-electron chi connectivity index (χ3n) is 3.48. The molecule has 0 saturated heterocycles. The molecule has 9 heteroatoms. The van der Waals surface area contributed by atoms with Gasteiger partial charge in [0, 0.05) is 19.0 Å². The number of unbranched alkanes of at least 4 members (excludes halogenated alkanes) is 1. The molecule has 1 amide bonds. The second-order valence-corrected chi connectivity index (χ2v) is 5.63. The van der Waals surface area contributed by atoms with Crippen LogP contribution in [0.25, 0.3) is 0 Å². The summed E-state index contributed by atoms with van der Waals surface area (Å²) in [6.45, 7) is 3.94. The van der Waals surface area contributed by atoms with Gasteiger partial charge in [-0.05, 0) is 32.1 Å². The van der Waals surface area contributed by atoms with Crippen molar-refractivity contribution in [3.05, 3.63) is 18.2 Å². The smallest absolute Gasteiger partial charge is 0.414 e. The SMILES string of the molecule is CCCCN(C)CCC(=O)Nc1ccc(OC)cc1OC.O=C(O)C(=O)O. The summed E-state index contributed by atoms with van der Waals surface area (Å²) in [7, 11) is 5.21. The summed E-state index contributed by atoms with van der Waals surface area (Å²) >= 11 is 0. The number of hydrogen-bond acceptors (Lipinski definition) is 6. The van der Waals surface area contributed by atoms with Crippen molar-refractivity contribution in [2.75, 3.05) is 39.7 Å². The van der Waals surface area contributed by atoms with Crippen molar-refractivity contribution in [1.29, 1.82) is 0 Å². The van der Waals surface area contributed by atoms with Crippen molar-refractivity contribution in [3.8, 4) is 11.5 Å². The quantitative estimate of drug-likeness (QED) is 0.552. The molecule has 0 fully saturated rings. The third-order valence-corrected chi connectivity index (χ3v) is 3.48. The Kier molecular flexibility index (Phi) is 12.0. The van der Waals surface area contributed by atoms with Gasteiger partial charge in [-0.15, -0.1) is 0 Å². The van der Waals surface area contributed by atoms with Gasteiger partial charge in [0.15, 0.2) is 0 Å². The van der Waals surface area contributed by atoms with Gasteiger partial charge in [0.25, 0.3) is 0 Å². The van der Waals surface area contributed by atoms with Crippen LogP contribution < -0.4 is 14.8 Å². The van der Waals surface area contributed by atoms with Gasteiger partial charge >= 0.3 is 11.9 Å². The van der Waals surface area contributed by atoms with E-state index in [1.807, 2.05) is 7.05 Å². The van der Waals surface area contributed by atoms with Crippen LogP contribution in [0, 0.1) is 0 Å². The number of nitrogens with zero attached hydrogens (tertiary/aromatic N) is 1. The topological polar surface area (TPSA) is 125 Å². The lowest BCUT2D eigenvalue weighted by molar-refractivity contribution is -0.159. The number of rotatable bonds is 9. The number of carboxylic acids is 2. The van der Waals surface area contributed by atoms with Crippen LogP contribution in [0.2, 0.25) is 0 Å². The van der Waals surface area contributed by atoms with Crippen LogP contribution in [0.3, 0.4) is 0 Å². The van der Waals surface area contributed by atoms with Crippen LogP contribution in [0.4, 0.5) is 5.69 Å². The predicted octanol–water partition coefficient (Wildman–Crippen LogP) is 1.92. The highest BCUT2D eigenvalue weighted by atomic mass is 16.5. The van der Waals surface area contributed by atoms with Crippen LogP contribution in [0.1, 0.15) is 26.2 Å². The Labute approximate surface area is 158 Å². The number of methoxy groups -OCH3 is 2. The van der Waals surface area contributed by atoms with E-state index in [-0.39, 0.29) is 5.91 Å². The van der Waals surface area contributed by atoms with E-state index in [2.05, 4.69) is 17.1 Å². The number of benzene rings is 1. The average molecular weight is 384 g/mol. The highest BCUT2D eigenvalue weighted by molar-refractivity contribution is 6.27. The second kappa shape index (κ2) is 13.4. The zero-order chi connectivity index (χ0) is 20.8. The predicted molar refractivity (Wildman–Crippen MR) is 100 cm³/mol. The maximum atomic E-state index is 12.0. The number of anilines is 1. The van der Waals surface area contributed by atoms with Crippen molar-refractivity contribution < 1.29 is 34.1 Å². The maximum Gasteiger partial charge on any atom is 0.414 e. The molecule has 27 heavy (non-hydrogen) atoms. The first-order valence-corrected chi connectivity index (χ1v) is 8.41. The van der Waals surface area contributed by atoms with Gasteiger partial charge in [0.05, 0.1) is 19.9 Å². The lowest BCUT2D eigenvalue weighted by atomic mass is 10.2. The van der Waals surface area contributed by atoms with E-state index >= 15 is 0 Å². The minimum atomic E-state index is -1.82. The Morgan fingerprint density at radius 1 is 1.07 bits per heavy atom. The molecule has 0 atom stereocenters. The van der Waals surface area contributed by atoms with Crippen molar-refractivity contribution in [2.24, 2.45) is 0 Å². The van der Waals surface area contributed by atoms with E-state index in [1.165, 1.54) is 6.42 Å². The fourth-order valence-corrected chi connectivity index (χ4v) is 1.95. The van der Waals surface area contributed by atoms with Crippen molar-refractivity contribution in [2.45, 2.75) is 26.2 Å². The second-order valence-electron chi connectivity index (χ2n) is 5.63. The van der Waals surface area contributed by atoms with E-state index in [4.69, 9.17) is 29.3 Å². The number of aliphatic carboxylic acids is 2. The molecule has 1 rings (SSSR count). The van der Waals surface area contributed by atoms with Crippen LogP contribution in [-0.4, -0.2) is 67.3 Å². The number of hydrogen-bond donors (Lipinski definition) is 3. The van der Waals surface area contributed by atoms with E-state index in [0.29, 0.717) is 23.6 Å². The fraction of sp³-hybridized carbons (Fsp3) is 0.500. The zero-order valence-corrected chi connectivity index (χ0v) is 16.2. The molecule has 0 saturated carbocycles. The number of carbonyl (C=O) groups is 3. The summed E-state index contributed by atoms with van der Waals surface area (Å²) in [5.41, 5.74) is 0.666. The maximum absolute atomic E-state index is 12.0. The van der Waals surface area contributed by atoms with Gasteiger partial charge in [0.2, 0.25) is 5.91 Å². The van der Waals surface area contributed by atoms with Crippen LogP contribution in [0.5, 0.6) is 11.5 Å². The van der Waals surface area contributed by atoms with Gasteiger partial charge in [-0.2, -0.15) is 0 Å². The van der Waals surface area contributed by atoms with Gasteiger partial charge in [-0.25, -0.2) is 9.59 Å². The number of nitrogens with one attached hydrogen (secondary N) is 1. The van der Waals surface area contributed by atoms with Crippen LogP contribution >= 0.6 is 0 Å². The highest BCUT2D eigenvalue weighted by Gasteiger charge is 2.10. The largest absolute Gasteiger partial charge is 0.497 e. The van der Waals surface area contributed by atoms with Gasteiger partial charge < -0.3 is 29.9 Å². The molecule has 0 aliphatic rings. The summed E-state index contributed by atoms with van der Waals surface area (Å²) in [6, 6.07) is 5.34. The molecule has 152 valence electrons. The number of amides is 1. The van der Waals surface area contributed by atoms with E-state index in [9.17, 15) is 4.79 Å². The minimum Gasteiger partial charge on any atom is -0.497 e. The Balaban J connectivity index is 0.000000972. The van der Waals surface area contributed by atoms with Crippen LogP contribution in [0.15, 0.2) is 18.2 Å². The van der Waals surface area contributed by atoms with Crippen molar-refractivity contribution in [1.82, 2.24) is 4.90 Å².